The van der Waals surface area contributed by atoms with Crippen molar-refractivity contribution >= 4 is 11.6 Å². The Balaban J connectivity index is 1.51. The first kappa shape index (κ1) is 16.1. The number of ether oxygens (including phenoxy) is 1. The molecule has 4 unspecified atom stereocenters. The van der Waals surface area contributed by atoms with Crippen LogP contribution in [0.5, 0.6) is 0 Å². The largest absolute Gasteiger partial charge is 0.372 e. The third-order valence-corrected chi connectivity index (χ3v) is 6.94. The highest BCUT2D eigenvalue weighted by atomic mass is 35.5. The minimum Gasteiger partial charge on any atom is -0.372 e. The second-order valence-electron chi connectivity index (χ2n) is 8.00. The van der Waals surface area contributed by atoms with Crippen LogP contribution < -0.4 is 0 Å². The van der Waals surface area contributed by atoms with E-state index >= 15 is 0 Å². The molecule has 2 heteroatoms. The number of hydrogen-bond acceptors (Lipinski definition) is 1. The van der Waals surface area contributed by atoms with E-state index in [9.17, 15) is 0 Å². The van der Waals surface area contributed by atoms with Gasteiger partial charge in [-0.2, -0.15) is 0 Å². The van der Waals surface area contributed by atoms with Crippen LogP contribution >= 0.6 is 11.6 Å². The molecular weight excluding hydrogens is 280 g/mol. The quantitative estimate of drug-likeness (QED) is 0.571. The van der Waals surface area contributed by atoms with Gasteiger partial charge in [-0.25, -0.2) is 0 Å². The zero-order valence-electron chi connectivity index (χ0n) is 13.8. The first-order valence-electron chi connectivity index (χ1n) is 9.53. The summed E-state index contributed by atoms with van der Waals surface area (Å²) >= 11 is 6.65. The van der Waals surface area contributed by atoms with Crippen molar-refractivity contribution in [3.63, 3.8) is 0 Å². The molecule has 2 aliphatic carbocycles. The van der Waals surface area contributed by atoms with E-state index in [0.717, 1.165) is 5.92 Å². The summed E-state index contributed by atoms with van der Waals surface area (Å²) in [4.78, 5) is 0. The van der Waals surface area contributed by atoms with Crippen molar-refractivity contribution in [3.8, 4) is 0 Å². The summed E-state index contributed by atoms with van der Waals surface area (Å²) in [5.41, 5.74) is 0.280. The average molecular weight is 313 g/mol. The Hall–Kier alpha value is 0.250. The molecule has 1 heterocycles. The van der Waals surface area contributed by atoms with Gasteiger partial charge in [-0.1, -0.05) is 39.0 Å². The maximum Gasteiger partial charge on any atom is 0.0687 e. The third kappa shape index (κ3) is 3.96. The van der Waals surface area contributed by atoms with E-state index in [1.807, 2.05) is 0 Å². The van der Waals surface area contributed by atoms with Gasteiger partial charge in [0.15, 0.2) is 0 Å². The third-order valence-electron chi connectivity index (χ3n) is 6.36. The van der Waals surface area contributed by atoms with E-state index in [2.05, 4.69) is 6.92 Å². The molecule has 0 aromatic heterocycles. The Morgan fingerprint density at radius 1 is 1.05 bits per heavy atom. The molecule has 0 N–H and O–H groups in total. The molecule has 2 saturated carbocycles. The Morgan fingerprint density at radius 3 is 2.62 bits per heavy atom. The summed E-state index contributed by atoms with van der Waals surface area (Å²) in [6.07, 6.45) is 17.8. The average Bonchev–Trinajstić information content (AvgIpc) is 2.86. The Bertz CT molecular complexity index is 324. The summed E-state index contributed by atoms with van der Waals surface area (Å²) in [6.45, 7) is 2.31. The second-order valence-corrected chi connectivity index (χ2v) is 8.56. The fraction of sp³-hybridized carbons (Fsp3) is 1.00. The topological polar surface area (TPSA) is 9.23 Å². The second kappa shape index (κ2) is 7.21. The van der Waals surface area contributed by atoms with Gasteiger partial charge in [-0.05, 0) is 63.2 Å². The lowest BCUT2D eigenvalue weighted by Gasteiger charge is -2.36. The normalized spacial score (nSPS) is 39.7. The summed E-state index contributed by atoms with van der Waals surface area (Å²) in [5, 5.41) is 0.407. The number of rotatable bonds is 4. The van der Waals surface area contributed by atoms with Gasteiger partial charge in [0.1, 0.15) is 0 Å². The van der Waals surface area contributed by atoms with Crippen LogP contribution in [0, 0.1) is 11.8 Å². The van der Waals surface area contributed by atoms with Gasteiger partial charge < -0.3 is 4.74 Å². The van der Waals surface area contributed by atoms with Crippen LogP contribution in [0.4, 0.5) is 0 Å². The van der Waals surface area contributed by atoms with E-state index in [-0.39, 0.29) is 5.60 Å². The van der Waals surface area contributed by atoms with Crippen LogP contribution in [0.15, 0.2) is 0 Å². The molecule has 0 aromatic rings. The molecule has 1 saturated heterocycles. The highest BCUT2D eigenvalue weighted by molar-refractivity contribution is 6.20. The molecule has 21 heavy (non-hydrogen) atoms. The molecule has 122 valence electrons. The van der Waals surface area contributed by atoms with Gasteiger partial charge in [0, 0.05) is 5.38 Å². The zero-order valence-corrected chi connectivity index (χ0v) is 14.5. The van der Waals surface area contributed by atoms with Gasteiger partial charge >= 0.3 is 0 Å². The molecule has 0 aromatic carbocycles. The lowest BCUT2D eigenvalue weighted by atomic mass is 9.76. The predicted octanol–water partition coefficient (Wildman–Crippen LogP) is 6.08. The first-order valence-corrected chi connectivity index (χ1v) is 9.96. The molecule has 1 aliphatic heterocycles. The van der Waals surface area contributed by atoms with Crippen LogP contribution in [0.25, 0.3) is 0 Å². The fourth-order valence-electron chi connectivity index (χ4n) is 5.20. The maximum atomic E-state index is 6.65. The standard InChI is InChI=1S/C19H33ClO/c1-2-6-15-7-8-18(20)16(13-15)14-17-9-12-19(21-17)10-4-3-5-11-19/h15-18H,2-14H2,1H3. The van der Waals surface area contributed by atoms with Gasteiger partial charge in [0.05, 0.1) is 11.7 Å². The predicted molar refractivity (Wildman–Crippen MR) is 89.9 cm³/mol. The van der Waals surface area contributed by atoms with Crippen LogP contribution in [0.2, 0.25) is 0 Å². The molecule has 1 nitrogen and oxygen atoms in total. The molecule has 1 spiro atoms. The minimum absolute atomic E-state index is 0.280. The Morgan fingerprint density at radius 2 is 1.86 bits per heavy atom. The van der Waals surface area contributed by atoms with Crippen LogP contribution in [0.1, 0.15) is 90.4 Å². The molecule has 0 bridgehead atoms. The van der Waals surface area contributed by atoms with Gasteiger partial charge in [0.25, 0.3) is 0 Å². The fourth-order valence-corrected chi connectivity index (χ4v) is 5.53. The van der Waals surface area contributed by atoms with Crippen LogP contribution in [0.3, 0.4) is 0 Å². The molecular formula is C19H33ClO. The van der Waals surface area contributed by atoms with E-state index in [4.69, 9.17) is 16.3 Å². The molecule has 4 atom stereocenters. The summed E-state index contributed by atoms with van der Waals surface area (Å²) in [6, 6.07) is 0. The monoisotopic (exact) mass is 312 g/mol. The lowest BCUT2D eigenvalue weighted by Crippen LogP contribution is -2.33. The van der Waals surface area contributed by atoms with Gasteiger partial charge in [0.2, 0.25) is 0 Å². The Labute approximate surface area is 136 Å². The van der Waals surface area contributed by atoms with Crippen molar-refractivity contribution in [2.75, 3.05) is 0 Å². The summed E-state index contributed by atoms with van der Waals surface area (Å²) < 4.78 is 6.58. The first-order chi connectivity index (χ1) is 10.2. The molecule has 3 aliphatic rings. The number of halogens is 1. The number of alkyl halides is 1. The van der Waals surface area contributed by atoms with Crippen molar-refractivity contribution in [3.05, 3.63) is 0 Å². The molecule has 3 fully saturated rings. The molecule has 3 rings (SSSR count). The maximum absolute atomic E-state index is 6.65. The van der Waals surface area contributed by atoms with E-state index in [1.165, 1.54) is 83.5 Å². The minimum atomic E-state index is 0.280. The van der Waals surface area contributed by atoms with Crippen LogP contribution in [-0.2, 0) is 4.74 Å². The summed E-state index contributed by atoms with van der Waals surface area (Å²) in [7, 11) is 0. The zero-order chi connectivity index (χ0) is 14.7. The number of hydrogen-bond donors (Lipinski definition) is 0. The van der Waals surface area contributed by atoms with E-state index in [0.29, 0.717) is 17.4 Å². The van der Waals surface area contributed by atoms with E-state index < -0.39 is 0 Å². The van der Waals surface area contributed by atoms with Crippen molar-refractivity contribution in [2.45, 2.75) is 107 Å². The highest BCUT2D eigenvalue weighted by Crippen LogP contribution is 2.45. The van der Waals surface area contributed by atoms with Crippen molar-refractivity contribution in [2.24, 2.45) is 11.8 Å². The van der Waals surface area contributed by atoms with Crippen LogP contribution in [-0.4, -0.2) is 17.1 Å². The van der Waals surface area contributed by atoms with Gasteiger partial charge in [-0.3, -0.25) is 0 Å². The summed E-state index contributed by atoms with van der Waals surface area (Å²) in [5.74, 6) is 1.64. The smallest absolute Gasteiger partial charge is 0.0687 e. The Kier molecular flexibility index (Phi) is 5.54. The van der Waals surface area contributed by atoms with Gasteiger partial charge in [-0.15, -0.1) is 11.6 Å². The van der Waals surface area contributed by atoms with E-state index in [1.54, 1.807) is 0 Å². The lowest BCUT2D eigenvalue weighted by molar-refractivity contribution is -0.0715. The van der Waals surface area contributed by atoms with Crippen molar-refractivity contribution in [1.29, 1.82) is 0 Å². The SMILES string of the molecule is CCCC1CCC(Cl)C(CC2CCC3(CCCCC3)O2)C1. The molecule has 0 amide bonds. The van der Waals surface area contributed by atoms with Crippen molar-refractivity contribution < 1.29 is 4.74 Å². The highest BCUT2D eigenvalue weighted by Gasteiger charge is 2.42. The van der Waals surface area contributed by atoms with Crippen molar-refractivity contribution in [1.82, 2.24) is 0 Å². The molecule has 0 radical (unpaired) electrons.